The quantitative estimate of drug-likeness (QED) is 0.307. The van der Waals surface area contributed by atoms with E-state index in [1.807, 2.05) is 6.92 Å². The summed E-state index contributed by atoms with van der Waals surface area (Å²) < 4.78 is 32.8. The number of unbranched alkanes of at least 4 members (excludes halogenated alkanes) is 1. The number of hydrogen-bond donors (Lipinski definition) is 1. The zero-order valence-corrected chi connectivity index (χ0v) is 20.2. The van der Waals surface area contributed by atoms with Crippen molar-refractivity contribution in [3.05, 3.63) is 89.4 Å². The Hall–Kier alpha value is -3.36. The highest BCUT2D eigenvalue weighted by atomic mass is 35.5. The molecule has 0 unspecified atom stereocenters. The molecule has 34 heavy (non-hydrogen) atoms. The lowest BCUT2D eigenvalue weighted by Gasteiger charge is -2.24. The highest BCUT2D eigenvalue weighted by Crippen LogP contribution is 2.26. The molecule has 3 aromatic rings. The summed E-state index contributed by atoms with van der Waals surface area (Å²) in [5.74, 6) is -0.995. The molecule has 1 amide bonds. The molecule has 9 heteroatoms. The first kappa shape index (κ1) is 25.3. The van der Waals surface area contributed by atoms with Gasteiger partial charge in [0.1, 0.15) is 6.54 Å². The fraction of sp³-hybridized carbons (Fsp3) is 0.200. The van der Waals surface area contributed by atoms with E-state index >= 15 is 0 Å². The molecule has 1 N–H and O–H groups in total. The van der Waals surface area contributed by atoms with Gasteiger partial charge in [-0.2, -0.15) is 0 Å². The third-order valence-corrected chi connectivity index (χ3v) is 6.87. The molecule has 0 fully saturated rings. The van der Waals surface area contributed by atoms with Gasteiger partial charge in [0.25, 0.3) is 10.0 Å². The molecule has 178 valence electrons. The number of benzene rings is 3. The Bertz CT molecular complexity index is 1230. The molecule has 0 aliphatic heterocycles. The van der Waals surface area contributed by atoms with Crippen LogP contribution in [0, 0.1) is 0 Å². The molecule has 0 atom stereocenters. The Morgan fingerprint density at radius 3 is 2.32 bits per heavy atom. The van der Waals surface area contributed by atoms with Gasteiger partial charge < -0.3 is 10.1 Å². The van der Waals surface area contributed by atoms with Crippen molar-refractivity contribution < 1.29 is 22.7 Å². The number of rotatable bonds is 10. The van der Waals surface area contributed by atoms with Crippen LogP contribution in [0.2, 0.25) is 5.02 Å². The molecular formula is C25H25ClN2O5S. The minimum absolute atomic E-state index is 0.0497. The Morgan fingerprint density at radius 1 is 0.971 bits per heavy atom. The van der Waals surface area contributed by atoms with E-state index in [0.29, 0.717) is 22.9 Å². The number of anilines is 2. The van der Waals surface area contributed by atoms with Gasteiger partial charge in [-0.3, -0.25) is 9.10 Å². The molecule has 0 heterocycles. The molecule has 0 bridgehead atoms. The average molecular weight is 501 g/mol. The average Bonchev–Trinajstić information content (AvgIpc) is 2.83. The maximum Gasteiger partial charge on any atom is 0.338 e. The first-order chi connectivity index (χ1) is 16.3. The maximum absolute atomic E-state index is 13.3. The number of amides is 1. The third kappa shape index (κ3) is 6.59. The van der Waals surface area contributed by atoms with Crippen molar-refractivity contribution in [3.63, 3.8) is 0 Å². The zero-order valence-electron chi connectivity index (χ0n) is 18.6. The number of carbonyl (C=O) groups excluding carboxylic acids is 2. The molecule has 3 aromatic carbocycles. The zero-order chi connectivity index (χ0) is 24.6. The van der Waals surface area contributed by atoms with Crippen molar-refractivity contribution in [2.75, 3.05) is 22.8 Å². The lowest BCUT2D eigenvalue weighted by atomic mass is 10.2. The summed E-state index contributed by atoms with van der Waals surface area (Å²) in [7, 11) is -4.03. The van der Waals surface area contributed by atoms with Crippen molar-refractivity contribution >= 4 is 44.9 Å². The minimum Gasteiger partial charge on any atom is -0.462 e. The van der Waals surface area contributed by atoms with Gasteiger partial charge in [-0.25, -0.2) is 13.2 Å². The molecule has 0 aliphatic rings. The summed E-state index contributed by atoms with van der Waals surface area (Å²) in [4.78, 5) is 24.9. The predicted octanol–water partition coefficient (Wildman–Crippen LogP) is 5.13. The molecule has 0 saturated carbocycles. The monoisotopic (exact) mass is 500 g/mol. The van der Waals surface area contributed by atoms with Gasteiger partial charge in [-0.1, -0.05) is 49.2 Å². The normalized spacial score (nSPS) is 11.0. The van der Waals surface area contributed by atoms with Gasteiger partial charge in [0, 0.05) is 10.7 Å². The SMILES string of the molecule is CCCCOC(=O)c1ccc(NC(=O)CN(c2cccc(Cl)c2)S(=O)(=O)c2ccccc2)cc1. The lowest BCUT2D eigenvalue weighted by Crippen LogP contribution is -2.38. The molecule has 7 nitrogen and oxygen atoms in total. The second-order valence-electron chi connectivity index (χ2n) is 7.42. The number of sulfonamides is 1. The van der Waals surface area contributed by atoms with Crippen LogP contribution < -0.4 is 9.62 Å². The highest BCUT2D eigenvalue weighted by molar-refractivity contribution is 7.92. The topological polar surface area (TPSA) is 92.8 Å². The summed E-state index contributed by atoms with van der Waals surface area (Å²) >= 11 is 6.07. The van der Waals surface area contributed by atoms with E-state index in [1.165, 1.54) is 18.2 Å². The van der Waals surface area contributed by atoms with Crippen molar-refractivity contribution in [2.24, 2.45) is 0 Å². The summed E-state index contributed by atoms with van der Waals surface area (Å²) in [6.07, 6.45) is 1.71. The molecular weight excluding hydrogens is 476 g/mol. The number of halogens is 1. The molecule has 0 saturated heterocycles. The van der Waals surface area contributed by atoms with Gasteiger partial charge in [0.05, 0.1) is 22.8 Å². The Morgan fingerprint density at radius 2 is 1.68 bits per heavy atom. The number of esters is 1. The first-order valence-corrected chi connectivity index (χ1v) is 12.5. The molecule has 0 aromatic heterocycles. The van der Waals surface area contributed by atoms with Crippen molar-refractivity contribution in [2.45, 2.75) is 24.7 Å². The number of ether oxygens (including phenoxy) is 1. The van der Waals surface area contributed by atoms with Gasteiger partial charge in [0.2, 0.25) is 5.91 Å². The van der Waals surface area contributed by atoms with Crippen LogP contribution in [0.4, 0.5) is 11.4 Å². The maximum atomic E-state index is 13.3. The predicted molar refractivity (Wildman–Crippen MR) is 133 cm³/mol. The van der Waals surface area contributed by atoms with Crippen LogP contribution >= 0.6 is 11.6 Å². The van der Waals surface area contributed by atoms with Crippen LogP contribution in [0.25, 0.3) is 0 Å². The van der Waals surface area contributed by atoms with E-state index in [4.69, 9.17) is 16.3 Å². The van der Waals surface area contributed by atoms with Crippen molar-refractivity contribution in [3.8, 4) is 0 Å². The summed E-state index contributed by atoms with van der Waals surface area (Å²) in [6, 6.07) is 20.3. The van der Waals surface area contributed by atoms with Crippen molar-refractivity contribution in [1.82, 2.24) is 0 Å². The largest absolute Gasteiger partial charge is 0.462 e. The standard InChI is InChI=1S/C25H25ClN2O5S/c1-2-3-16-33-25(30)19-12-14-21(15-13-19)27-24(29)18-28(22-9-7-8-20(26)17-22)34(31,32)23-10-5-4-6-11-23/h4-15,17H,2-3,16,18H2,1H3,(H,27,29). The summed E-state index contributed by atoms with van der Waals surface area (Å²) in [5, 5.41) is 3.01. The van der Waals surface area contributed by atoms with E-state index in [2.05, 4.69) is 5.32 Å². The lowest BCUT2D eigenvalue weighted by molar-refractivity contribution is -0.114. The minimum atomic E-state index is -4.03. The Balaban J connectivity index is 1.77. The van der Waals surface area contributed by atoms with Crippen LogP contribution in [-0.2, 0) is 19.6 Å². The summed E-state index contributed by atoms with van der Waals surface area (Å²) in [6.45, 7) is 1.88. The van der Waals surface area contributed by atoms with E-state index in [-0.39, 0.29) is 10.6 Å². The fourth-order valence-electron chi connectivity index (χ4n) is 3.08. The molecule has 3 rings (SSSR count). The molecule has 0 radical (unpaired) electrons. The van der Waals surface area contributed by atoms with Gasteiger partial charge >= 0.3 is 5.97 Å². The Labute approximate surface area is 204 Å². The summed E-state index contributed by atoms with van der Waals surface area (Å²) in [5.41, 5.74) is 1.04. The van der Waals surface area contributed by atoms with Crippen LogP contribution in [0.1, 0.15) is 30.1 Å². The van der Waals surface area contributed by atoms with Gasteiger partial charge in [-0.05, 0) is 61.0 Å². The van der Waals surface area contributed by atoms with Crippen molar-refractivity contribution in [1.29, 1.82) is 0 Å². The van der Waals surface area contributed by atoms with Crippen LogP contribution in [-0.4, -0.2) is 33.4 Å². The highest BCUT2D eigenvalue weighted by Gasteiger charge is 2.27. The van der Waals surface area contributed by atoms with E-state index in [1.54, 1.807) is 60.7 Å². The molecule has 0 aliphatic carbocycles. The van der Waals surface area contributed by atoms with Gasteiger partial charge in [-0.15, -0.1) is 0 Å². The second-order valence-corrected chi connectivity index (χ2v) is 9.72. The van der Waals surface area contributed by atoms with E-state index in [0.717, 1.165) is 17.1 Å². The van der Waals surface area contributed by atoms with E-state index < -0.39 is 28.4 Å². The fourth-order valence-corrected chi connectivity index (χ4v) is 4.70. The third-order valence-electron chi connectivity index (χ3n) is 4.85. The second kappa shape index (κ2) is 11.7. The Kier molecular flexibility index (Phi) is 8.67. The van der Waals surface area contributed by atoms with Gasteiger partial charge in [0.15, 0.2) is 0 Å². The van der Waals surface area contributed by atoms with Crippen LogP contribution in [0.3, 0.4) is 0 Å². The number of carbonyl (C=O) groups is 2. The van der Waals surface area contributed by atoms with Crippen LogP contribution in [0.15, 0.2) is 83.8 Å². The van der Waals surface area contributed by atoms with E-state index in [9.17, 15) is 18.0 Å². The smallest absolute Gasteiger partial charge is 0.338 e. The number of hydrogen-bond acceptors (Lipinski definition) is 5. The first-order valence-electron chi connectivity index (χ1n) is 10.7. The molecule has 0 spiro atoms. The van der Waals surface area contributed by atoms with Crippen LogP contribution in [0.5, 0.6) is 0 Å². The number of nitrogens with zero attached hydrogens (tertiary/aromatic N) is 1. The number of nitrogens with one attached hydrogen (secondary N) is 1.